The number of thiophene rings is 1. The Balaban J connectivity index is 2.30. The molecule has 2 aromatic rings. The van der Waals surface area contributed by atoms with Gasteiger partial charge in [0.25, 0.3) is 5.91 Å². The molecule has 0 radical (unpaired) electrons. The van der Waals surface area contributed by atoms with Gasteiger partial charge in [-0.1, -0.05) is 24.4 Å². The zero-order chi connectivity index (χ0) is 15.9. The molecular formula is C16H19ClN2O2S. The van der Waals surface area contributed by atoms with Crippen LogP contribution in [-0.4, -0.2) is 37.0 Å². The highest BCUT2D eigenvalue weighted by atomic mass is 35.5. The first kappa shape index (κ1) is 15.7. The zero-order valence-electron chi connectivity index (χ0n) is 13.0. The number of ether oxygens (including phenoxy) is 1. The predicted molar refractivity (Wildman–Crippen MR) is 89.8 cm³/mol. The van der Waals surface area contributed by atoms with Crippen molar-refractivity contribution in [1.82, 2.24) is 9.88 Å². The third-order valence-electron chi connectivity index (χ3n) is 4.40. The molecule has 4 nitrogen and oxygen atoms in total. The summed E-state index contributed by atoms with van der Waals surface area (Å²) in [7, 11) is 5.28. The zero-order valence-corrected chi connectivity index (χ0v) is 14.6. The van der Waals surface area contributed by atoms with E-state index in [0.717, 1.165) is 46.2 Å². The van der Waals surface area contributed by atoms with Gasteiger partial charge >= 0.3 is 0 Å². The second-order valence-electron chi connectivity index (χ2n) is 5.91. The van der Waals surface area contributed by atoms with Crippen LogP contribution in [0.15, 0.2) is 12.3 Å². The number of methoxy groups -OCH3 is 1. The molecule has 1 fully saturated rings. The molecule has 1 amide bonds. The van der Waals surface area contributed by atoms with Crippen LogP contribution >= 0.6 is 22.9 Å². The number of hydrogen-bond donors (Lipinski definition) is 0. The van der Waals surface area contributed by atoms with E-state index in [9.17, 15) is 4.79 Å². The van der Waals surface area contributed by atoms with Gasteiger partial charge < -0.3 is 9.64 Å². The van der Waals surface area contributed by atoms with Crippen molar-refractivity contribution in [3.63, 3.8) is 0 Å². The normalized spacial score (nSPS) is 17.1. The SMILES string of the molecule is COC1(c2c(C(=O)N(C)C)sc3cnc(Cl)cc23)CCCC1. The Morgan fingerprint density at radius 1 is 1.41 bits per heavy atom. The van der Waals surface area contributed by atoms with Crippen LogP contribution in [0.2, 0.25) is 5.15 Å². The molecule has 22 heavy (non-hydrogen) atoms. The van der Waals surface area contributed by atoms with Crippen molar-refractivity contribution in [1.29, 1.82) is 0 Å². The van der Waals surface area contributed by atoms with Gasteiger partial charge in [0.05, 0.1) is 15.2 Å². The van der Waals surface area contributed by atoms with Crippen LogP contribution in [0.1, 0.15) is 40.9 Å². The molecule has 3 rings (SSSR count). The minimum atomic E-state index is -0.385. The second-order valence-corrected chi connectivity index (χ2v) is 7.35. The van der Waals surface area contributed by atoms with Crippen LogP contribution in [0, 0.1) is 0 Å². The van der Waals surface area contributed by atoms with Gasteiger partial charge in [-0.15, -0.1) is 11.3 Å². The van der Waals surface area contributed by atoms with Crippen molar-refractivity contribution in [3.8, 4) is 0 Å². The van der Waals surface area contributed by atoms with E-state index in [1.807, 2.05) is 6.07 Å². The van der Waals surface area contributed by atoms with Gasteiger partial charge in [-0.3, -0.25) is 4.79 Å². The lowest BCUT2D eigenvalue weighted by molar-refractivity contribution is -0.00788. The standard InChI is InChI=1S/C16H19ClN2O2S/c1-19(2)15(20)14-13(16(21-3)6-4-5-7-16)10-8-12(17)18-9-11(10)22-14/h8-9H,4-7H2,1-3H3. The summed E-state index contributed by atoms with van der Waals surface area (Å²) in [6.07, 6.45) is 5.84. The molecule has 0 spiro atoms. The van der Waals surface area contributed by atoms with Crippen molar-refractivity contribution in [2.75, 3.05) is 21.2 Å². The lowest BCUT2D eigenvalue weighted by Crippen LogP contribution is -2.29. The highest BCUT2D eigenvalue weighted by molar-refractivity contribution is 7.21. The minimum absolute atomic E-state index is 0.00986. The summed E-state index contributed by atoms with van der Waals surface area (Å²) < 4.78 is 6.91. The third kappa shape index (κ3) is 2.41. The summed E-state index contributed by atoms with van der Waals surface area (Å²) in [5.41, 5.74) is 0.611. The van der Waals surface area contributed by atoms with Gasteiger partial charge in [-0.25, -0.2) is 4.98 Å². The average Bonchev–Trinajstić information content (AvgIpc) is 3.10. The van der Waals surface area contributed by atoms with Crippen LogP contribution in [0.5, 0.6) is 0 Å². The molecule has 1 aliphatic rings. The molecule has 0 aromatic carbocycles. The Bertz CT molecular complexity index is 720. The first-order chi connectivity index (χ1) is 10.5. The number of nitrogens with zero attached hydrogens (tertiary/aromatic N) is 2. The fourth-order valence-corrected chi connectivity index (χ4v) is 4.71. The Labute approximate surface area is 139 Å². The van der Waals surface area contributed by atoms with E-state index >= 15 is 0 Å². The molecular weight excluding hydrogens is 320 g/mol. The molecule has 118 valence electrons. The topological polar surface area (TPSA) is 42.4 Å². The Morgan fingerprint density at radius 3 is 2.68 bits per heavy atom. The summed E-state index contributed by atoms with van der Waals surface area (Å²) in [4.78, 5) is 19.2. The molecule has 1 saturated carbocycles. The quantitative estimate of drug-likeness (QED) is 0.792. The Kier molecular flexibility index (Phi) is 4.14. The maximum Gasteiger partial charge on any atom is 0.263 e. The number of rotatable bonds is 3. The second kappa shape index (κ2) is 5.80. The number of halogens is 1. The molecule has 0 bridgehead atoms. The molecule has 0 N–H and O–H groups in total. The number of carbonyl (C=O) groups excluding carboxylic acids is 1. The van der Waals surface area contributed by atoms with Crippen molar-refractivity contribution in [2.24, 2.45) is 0 Å². The average molecular weight is 339 g/mol. The Hall–Kier alpha value is -1.17. The summed E-state index contributed by atoms with van der Waals surface area (Å²) >= 11 is 7.57. The van der Waals surface area contributed by atoms with E-state index in [1.54, 1.807) is 32.3 Å². The number of carbonyl (C=O) groups is 1. The van der Waals surface area contributed by atoms with Crippen molar-refractivity contribution in [3.05, 3.63) is 27.9 Å². The number of amides is 1. The van der Waals surface area contributed by atoms with Crippen molar-refractivity contribution >= 4 is 38.9 Å². The molecule has 0 unspecified atom stereocenters. The molecule has 2 aromatic heterocycles. The van der Waals surface area contributed by atoms with Crippen molar-refractivity contribution < 1.29 is 9.53 Å². The summed E-state index contributed by atoms with van der Waals surface area (Å²) in [5.74, 6) is 0.00986. The maximum atomic E-state index is 12.7. The summed E-state index contributed by atoms with van der Waals surface area (Å²) in [5, 5.41) is 1.44. The van der Waals surface area contributed by atoms with Crippen LogP contribution in [0.4, 0.5) is 0 Å². The highest BCUT2D eigenvalue weighted by Gasteiger charge is 2.41. The fourth-order valence-electron chi connectivity index (χ4n) is 3.29. The lowest BCUT2D eigenvalue weighted by Gasteiger charge is -2.29. The van der Waals surface area contributed by atoms with E-state index in [-0.39, 0.29) is 11.5 Å². The lowest BCUT2D eigenvalue weighted by atomic mass is 9.89. The van der Waals surface area contributed by atoms with Crippen LogP contribution < -0.4 is 0 Å². The van der Waals surface area contributed by atoms with Gasteiger partial charge in [0.15, 0.2) is 0 Å². The van der Waals surface area contributed by atoms with Crippen LogP contribution in [0.25, 0.3) is 10.1 Å². The van der Waals surface area contributed by atoms with Gasteiger partial charge in [-0.2, -0.15) is 0 Å². The highest BCUT2D eigenvalue weighted by Crippen LogP contribution is 2.48. The summed E-state index contributed by atoms with van der Waals surface area (Å²) in [6.45, 7) is 0. The van der Waals surface area contributed by atoms with Crippen molar-refractivity contribution in [2.45, 2.75) is 31.3 Å². The molecule has 2 heterocycles. The van der Waals surface area contributed by atoms with E-state index in [2.05, 4.69) is 4.98 Å². The first-order valence-corrected chi connectivity index (χ1v) is 8.53. The third-order valence-corrected chi connectivity index (χ3v) is 5.74. The minimum Gasteiger partial charge on any atom is -0.373 e. The van der Waals surface area contributed by atoms with Gasteiger partial charge in [0, 0.05) is 38.4 Å². The largest absolute Gasteiger partial charge is 0.373 e. The Morgan fingerprint density at radius 2 is 2.09 bits per heavy atom. The smallest absolute Gasteiger partial charge is 0.263 e. The molecule has 6 heteroatoms. The predicted octanol–water partition coefficient (Wildman–Crippen LogP) is 4.07. The number of hydrogen-bond acceptors (Lipinski definition) is 4. The van der Waals surface area contributed by atoms with Crippen LogP contribution in [0.3, 0.4) is 0 Å². The van der Waals surface area contributed by atoms with Gasteiger partial charge in [0.2, 0.25) is 0 Å². The van der Waals surface area contributed by atoms with E-state index in [0.29, 0.717) is 5.15 Å². The number of fused-ring (bicyclic) bond motifs is 1. The monoisotopic (exact) mass is 338 g/mol. The first-order valence-electron chi connectivity index (χ1n) is 7.34. The van der Waals surface area contributed by atoms with Crippen LogP contribution in [-0.2, 0) is 10.3 Å². The molecule has 1 aliphatic carbocycles. The molecule has 0 saturated heterocycles. The van der Waals surface area contributed by atoms with E-state index in [1.165, 1.54) is 11.3 Å². The van der Waals surface area contributed by atoms with E-state index < -0.39 is 0 Å². The fraction of sp³-hybridized carbons (Fsp3) is 0.500. The molecule has 0 aliphatic heterocycles. The molecule has 0 atom stereocenters. The van der Waals surface area contributed by atoms with Gasteiger partial charge in [-0.05, 0) is 18.9 Å². The maximum absolute atomic E-state index is 12.7. The van der Waals surface area contributed by atoms with E-state index in [4.69, 9.17) is 16.3 Å². The number of aromatic nitrogens is 1. The van der Waals surface area contributed by atoms with Gasteiger partial charge in [0.1, 0.15) is 5.15 Å². The number of pyridine rings is 1. The summed E-state index contributed by atoms with van der Waals surface area (Å²) in [6, 6.07) is 1.86.